The number of esters is 1. The zero-order valence-electron chi connectivity index (χ0n) is 14.9. The molecule has 0 amide bonds. The van der Waals surface area contributed by atoms with Gasteiger partial charge in [0.1, 0.15) is 5.76 Å². The Kier molecular flexibility index (Phi) is 6.04. The Bertz CT molecular complexity index is 890. The molecule has 2 aromatic rings. The number of carbonyl (C=O) groups is 1. The zero-order chi connectivity index (χ0) is 19.4. The minimum atomic E-state index is -1.63. The minimum Gasteiger partial charge on any atom is -0.493 e. The lowest BCUT2D eigenvalue weighted by molar-refractivity contribution is 0.0591. The van der Waals surface area contributed by atoms with Gasteiger partial charge in [-0.1, -0.05) is 0 Å². The Morgan fingerprint density at radius 1 is 1.00 bits per heavy atom. The molecule has 0 N–H and O–H groups in total. The van der Waals surface area contributed by atoms with Gasteiger partial charge in [0.2, 0.25) is 5.75 Å². The van der Waals surface area contributed by atoms with Crippen molar-refractivity contribution in [3.05, 3.63) is 34.2 Å². The van der Waals surface area contributed by atoms with Gasteiger partial charge in [-0.3, -0.25) is 4.21 Å². The van der Waals surface area contributed by atoms with Crippen LogP contribution < -0.4 is 19.8 Å². The highest BCUT2D eigenvalue weighted by Crippen LogP contribution is 2.41. The van der Waals surface area contributed by atoms with Crippen LogP contribution in [0.5, 0.6) is 17.2 Å². The lowest BCUT2D eigenvalue weighted by Gasteiger charge is -2.14. The number of hydrogen-bond donors (Lipinski definition) is 0. The molecule has 1 aromatic carbocycles. The molecule has 0 aliphatic rings. The van der Waals surface area contributed by atoms with Gasteiger partial charge in [0, 0.05) is 11.8 Å². The summed E-state index contributed by atoms with van der Waals surface area (Å²) < 4.78 is 37.6. The molecule has 0 fully saturated rings. The van der Waals surface area contributed by atoms with Crippen LogP contribution in [0.4, 0.5) is 0 Å². The van der Waals surface area contributed by atoms with E-state index in [1.165, 1.54) is 33.7 Å². The van der Waals surface area contributed by atoms with Crippen molar-refractivity contribution in [2.24, 2.45) is 0 Å². The summed E-state index contributed by atoms with van der Waals surface area (Å²) in [6.07, 6.45) is 1.35. The maximum atomic E-state index is 12.3. The molecule has 9 heteroatoms. The lowest BCUT2D eigenvalue weighted by Crippen LogP contribution is -2.19. The van der Waals surface area contributed by atoms with Crippen LogP contribution in [0.15, 0.2) is 32.3 Å². The van der Waals surface area contributed by atoms with Crippen LogP contribution in [0.3, 0.4) is 0 Å². The lowest BCUT2D eigenvalue weighted by atomic mass is 10.1. The Hall–Kier alpha value is -2.81. The molecule has 2 rings (SSSR count). The molecule has 140 valence electrons. The van der Waals surface area contributed by atoms with Gasteiger partial charge in [0.15, 0.2) is 17.1 Å². The first-order chi connectivity index (χ1) is 12.4. The first-order valence-corrected chi connectivity index (χ1v) is 8.84. The van der Waals surface area contributed by atoms with Gasteiger partial charge in [0.25, 0.3) is 0 Å². The van der Waals surface area contributed by atoms with E-state index in [-0.39, 0.29) is 10.7 Å². The number of methoxy groups -OCH3 is 4. The van der Waals surface area contributed by atoms with Gasteiger partial charge < -0.3 is 23.4 Å². The molecule has 1 atom stereocenters. The quantitative estimate of drug-likeness (QED) is 0.698. The number of rotatable bonds is 6. The second-order valence-electron chi connectivity index (χ2n) is 5.00. The van der Waals surface area contributed by atoms with Crippen molar-refractivity contribution >= 4 is 16.8 Å². The molecule has 0 saturated carbocycles. The fourth-order valence-corrected chi connectivity index (χ4v) is 3.08. The molecule has 1 unspecified atom stereocenters. The first-order valence-electron chi connectivity index (χ1n) is 7.28. The van der Waals surface area contributed by atoms with Crippen molar-refractivity contribution < 1.29 is 32.4 Å². The van der Waals surface area contributed by atoms with Crippen molar-refractivity contribution in [2.45, 2.75) is 4.90 Å². The fraction of sp³-hybridized carbons (Fsp3) is 0.294. The van der Waals surface area contributed by atoms with Gasteiger partial charge in [0.05, 0.1) is 44.1 Å². The van der Waals surface area contributed by atoms with E-state index in [0.717, 1.165) is 7.11 Å². The van der Waals surface area contributed by atoms with E-state index in [0.29, 0.717) is 22.8 Å². The van der Waals surface area contributed by atoms with Gasteiger partial charge in [-0.2, -0.15) is 0 Å². The van der Waals surface area contributed by atoms with Crippen molar-refractivity contribution in [3.63, 3.8) is 0 Å². The maximum absolute atomic E-state index is 12.3. The zero-order valence-corrected chi connectivity index (χ0v) is 15.7. The van der Waals surface area contributed by atoms with E-state index in [4.69, 9.17) is 18.6 Å². The molecule has 8 nitrogen and oxygen atoms in total. The number of hydrogen-bond acceptors (Lipinski definition) is 8. The van der Waals surface area contributed by atoms with Crippen LogP contribution >= 0.6 is 0 Å². The topological polar surface area (TPSA) is 101 Å². The summed E-state index contributed by atoms with van der Waals surface area (Å²) in [5.41, 5.74) is -0.933. The van der Waals surface area contributed by atoms with Crippen LogP contribution in [0, 0.1) is 0 Å². The first kappa shape index (κ1) is 19.5. The van der Waals surface area contributed by atoms with E-state index in [1.54, 1.807) is 12.1 Å². The monoisotopic (exact) mass is 382 g/mol. The third kappa shape index (κ3) is 3.57. The Morgan fingerprint density at radius 2 is 1.58 bits per heavy atom. The fourth-order valence-electron chi connectivity index (χ4n) is 2.35. The summed E-state index contributed by atoms with van der Waals surface area (Å²) in [7, 11) is 3.86. The Labute approximate surface area is 152 Å². The standard InChI is InChI=1S/C17H18O8S/c1-21-11-6-9(7-12(22-2)15(11)23-3)10-8-13(26(5)20)14(16(18)24-4)17(19)25-10/h6-8H,1-5H3. The second kappa shape index (κ2) is 8.05. The third-order valence-corrected chi connectivity index (χ3v) is 4.51. The van der Waals surface area contributed by atoms with E-state index in [1.807, 2.05) is 0 Å². The van der Waals surface area contributed by atoms with Crippen LogP contribution in [0.2, 0.25) is 0 Å². The van der Waals surface area contributed by atoms with Crippen LogP contribution in [-0.2, 0) is 15.5 Å². The summed E-state index contributed by atoms with van der Waals surface area (Å²) in [5.74, 6) is 0.237. The van der Waals surface area contributed by atoms with Crippen molar-refractivity contribution in [3.8, 4) is 28.6 Å². The smallest absolute Gasteiger partial charge is 0.352 e. The van der Waals surface area contributed by atoms with Crippen LogP contribution in [0.25, 0.3) is 11.3 Å². The normalized spacial score (nSPS) is 11.6. The Morgan fingerprint density at radius 3 is 2.00 bits per heavy atom. The maximum Gasteiger partial charge on any atom is 0.352 e. The number of benzene rings is 1. The molecule has 26 heavy (non-hydrogen) atoms. The highest BCUT2D eigenvalue weighted by Gasteiger charge is 2.24. The van der Waals surface area contributed by atoms with Crippen LogP contribution in [0.1, 0.15) is 10.4 Å². The molecule has 1 heterocycles. The molecular formula is C17H18O8S. The molecule has 0 aliphatic heterocycles. The molecule has 0 spiro atoms. The Balaban J connectivity index is 2.76. The summed E-state index contributed by atoms with van der Waals surface area (Å²) in [4.78, 5) is 24.1. The largest absolute Gasteiger partial charge is 0.493 e. The highest BCUT2D eigenvalue weighted by molar-refractivity contribution is 7.84. The third-order valence-electron chi connectivity index (χ3n) is 3.56. The number of ether oxygens (including phenoxy) is 4. The van der Waals surface area contributed by atoms with E-state index < -0.39 is 28.0 Å². The molecule has 0 saturated heterocycles. The molecular weight excluding hydrogens is 364 g/mol. The van der Waals surface area contributed by atoms with Crippen molar-refractivity contribution in [1.29, 1.82) is 0 Å². The molecule has 0 radical (unpaired) electrons. The minimum absolute atomic E-state index is 0.0110. The van der Waals surface area contributed by atoms with Gasteiger partial charge in [-0.15, -0.1) is 0 Å². The molecule has 0 aliphatic carbocycles. The van der Waals surface area contributed by atoms with Gasteiger partial charge in [-0.05, 0) is 18.2 Å². The van der Waals surface area contributed by atoms with Crippen molar-refractivity contribution in [2.75, 3.05) is 34.7 Å². The highest BCUT2D eigenvalue weighted by atomic mass is 32.2. The van der Waals surface area contributed by atoms with E-state index in [2.05, 4.69) is 4.74 Å². The summed E-state index contributed by atoms with van der Waals surface area (Å²) in [5, 5.41) is 0. The predicted octanol–water partition coefficient (Wildman–Crippen LogP) is 1.86. The van der Waals surface area contributed by atoms with E-state index in [9.17, 15) is 13.8 Å². The molecule has 1 aromatic heterocycles. The number of carbonyl (C=O) groups excluding carboxylic acids is 1. The summed E-state index contributed by atoms with van der Waals surface area (Å²) in [6, 6.07) is 4.49. The van der Waals surface area contributed by atoms with E-state index >= 15 is 0 Å². The summed E-state index contributed by atoms with van der Waals surface area (Å²) >= 11 is 0. The van der Waals surface area contributed by atoms with Gasteiger partial charge in [-0.25, -0.2) is 9.59 Å². The van der Waals surface area contributed by atoms with Gasteiger partial charge >= 0.3 is 11.6 Å². The van der Waals surface area contributed by atoms with Crippen molar-refractivity contribution in [1.82, 2.24) is 0 Å². The SMILES string of the molecule is COC(=O)c1c(S(C)=O)cc(-c2cc(OC)c(OC)c(OC)c2)oc1=O. The predicted molar refractivity (Wildman–Crippen MR) is 93.7 cm³/mol. The molecule has 0 bridgehead atoms. The summed E-state index contributed by atoms with van der Waals surface area (Å²) in [6.45, 7) is 0. The average molecular weight is 382 g/mol. The average Bonchev–Trinajstić information content (AvgIpc) is 2.65. The second-order valence-corrected chi connectivity index (χ2v) is 6.35. The van der Waals surface area contributed by atoms with Crippen LogP contribution in [-0.4, -0.2) is 44.9 Å².